The molecule has 4 heteroatoms. The van der Waals surface area contributed by atoms with E-state index in [1.54, 1.807) is 0 Å². The molecule has 0 atom stereocenters. The summed E-state index contributed by atoms with van der Waals surface area (Å²) in [5, 5.41) is 3.36. The minimum Gasteiger partial charge on any atom is -0.377 e. The zero-order valence-corrected chi connectivity index (χ0v) is 10.2. The Hall–Kier alpha value is -1.16. The Balaban J connectivity index is 2.08. The van der Waals surface area contributed by atoms with Gasteiger partial charge in [0.05, 0.1) is 19.3 Å². The van der Waals surface area contributed by atoms with Crippen LogP contribution in [0.4, 0.5) is 5.82 Å². The Morgan fingerprint density at radius 1 is 1.44 bits per heavy atom. The van der Waals surface area contributed by atoms with Crippen LogP contribution in [0.5, 0.6) is 0 Å². The van der Waals surface area contributed by atoms with Crippen LogP contribution >= 0.6 is 0 Å². The molecule has 1 aliphatic rings. The Labute approximate surface area is 96.4 Å². The van der Waals surface area contributed by atoms with Crippen LogP contribution in [-0.2, 0) is 11.2 Å². The number of hydrogen-bond donors (Lipinski definition) is 1. The van der Waals surface area contributed by atoms with Gasteiger partial charge in [-0.15, -0.1) is 0 Å². The molecule has 1 N–H and O–H groups in total. The van der Waals surface area contributed by atoms with Crippen LogP contribution in [-0.4, -0.2) is 29.2 Å². The Bertz CT molecular complexity index is 361. The topological polar surface area (TPSA) is 47.0 Å². The van der Waals surface area contributed by atoms with Gasteiger partial charge in [0.25, 0.3) is 0 Å². The maximum absolute atomic E-state index is 5.13. The molecule has 0 amide bonds. The highest BCUT2D eigenvalue weighted by Crippen LogP contribution is 2.13. The first-order valence-corrected chi connectivity index (χ1v) is 5.82. The number of hydrogen-bond acceptors (Lipinski definition) is 4. The van der Waals surface area contributed by atoms with E-state index in [-0.39, 0.29) is 0 Å². The van der Waals surface area contributed by atoms with Crippen LogP contribution in [0.1, 0.15) is 25.4 Å². The Kier molecular flexibility index (Phi) is 3.39. The van der Waals surface area contributed by atoms with Crippen LogP contribution in [0.2, 0.25) is 0 Å². The fraction of sp³-hybridized carbons (Fsp3) is 0.667. The Morgan fingerprint density at radius 3 is 2.75 bits per heavy atom. The van der Waals surface area contributed by atoms with Crippen LogP contribution < -0.4 is 5.32 Å². The van der Waals surface area contributed by atoms with Gasteiger partial charge in [-0.1, -0.05) is 13.8 Å². The summed E-state index contributed by atoms with van der Waals surface area (Å²) in [6.45, 7) is 7.93. The summed E-state index contributed by atoms with van der Waals surface area (Å²) in [4.78, 5) is 8.96. The lowest BCUT2D eigenvalue weighted by molar-refractivity contribution is 0.0209. The smallest absolute Gasteiger partial charge is 0.131 e. The molecular formula is C12H19N3O. The molecule has 2 heterocycles. The largest absolute Gasteiger partial charge is 0.377 e. The molecule has 1 fully saturated rings. The number of nitrogens with one attached hydrogen (secondary N) is 1. The minimum atomic E-state index is 0.418. The van der Waals surface area contributed by atoms with Gasteiger partial charge >= 0.3 is 0 Å². The van der Waals surface area contributed by atoms with E-state index in [9.17, 15) is 0 Å². The molecule has 4 nitrogen and oxygen atoms in total. The van der Waals surface area contributed by atoms with Gasteiger partial charge in [0.15, 0.2) is 0 Å². The third kappa shape index (κ3) is 2.92. The number of ether oxygens (including phenoxy) is 1. The highest BCUT2D eigenvalue weighted by atomic mass is 16.5. The number of aromatic nitrogens is 2. The molecule has 16 heavy (non-hydrogen) atoms. The minimum absolute atomic E-state index is 0.418. The van der Waals surface area contributed by atoms with E-state index >= 15 is 0 Å². The molecule has 0 aliphatic carbocycles. The summed E-state index contributed by atoms with van der Waals surface area (Å²) in [5.41, 5.74) is 1.02. The quantitative estimate of drug-likeness (QED) is 0.842. The second-order valence-corrected chi connectivity index (χ2v) is 4.79. The van der Waals surface area contributed by atoms with E-state index in [0.717, 1.165) is 37.0 Å². The second kappa shape index (κ2) is 4.78. The molecule has 2 rings (SSSR count). The summed E-state index contributed by atoms with van der Waals surface area (Å²) >= 11 is 0. The fourth-order valence-corrected chi connectivity index (χ4v) is 1.69. The third-order valence-electron chi connectivity index (χ3n) is 2.48. The molecule has 1 aromatic heterocycles. The zero-order chi connectivity index (χ0) is 11.5. The first-order valence-electron chi connectivity index (χ1n) is 5.82. The summed E-state index contributed by atoms with van der Waals surface area (Å²) < 4.78 is 5.13. The lowest BCUT2D eigenvalue weighted by Crippen LogP contribution is -2.40. The first-order chi connectivity index (χ1) is 7.63. The molecule has 88 valence electrons. The van der Waals surface area contributed by atoms with Crippen LogP contribution in [0.15, 0.2) is 6.07 Å². The molecule has 1 saturated heterocycles. The van der Waals surface area contributed by atoms with Crippen molar-refractivity contribution in [3.05, 3.63) is 17.6 Å². The van der Waals surface area contributed by atoms with E-state index in [1.165, 1.54) is 0 Å². The van der Waals surface area contributed by atoms with E-state index in [2.05, 4.69) is 29.1 Å². The van der Waals surface area contributed by atoms with E-state index in [1.807, 2.05) is 13.0 Å². The van der Waals surface area contributed by atoms with Crippen molar-refractivity contribution < 1.29 is 4.74 Å². The molecule has 0 unspecified atom stereocenters. The lowest BCUT2D eigenvalue weighted by atomic mass is 10.1. The molecule has 1 aromatic rings. The van der Waals surface area contributed by atoms with Gasteiger partial charge < -0.3 is 10.1 Å². The number of aryl methyl sites for hydroxylation is 1. The average molecular weight is 221 g/mol. The van der Waals surface area contributed by atoms with Crippen molar-refractivity contribution >= 4 is 5.82 Å². The maximum Gasteiger partial charge on any atom is 0.131 e. The van der Waals surface area contributed by atoms with Gasteiger partial charge in [-0.2, -0.15) is 0 Å². The van der Waals surface area contributed by atoms with Gasteiger partial charge in [-0.05, 0) is 12.8 Å². The van der Waals surface area contributed by atoms with Crippen molar-refractivity contribution in [2.75, 3.05) is 18.5 Å². The lowest BCUT2D eigenvalue weighted by Gasteiger charge is -2.27. The molecule has 0 radical (unpaired) electrons. The highest BCUT2D eigenvalue weighted by Gasteiger charge is 2.18. The molecule has 0 aromatic carbocycles. The van der Waals surface area contributed by atoms with Gasteiger partial charge in [-0.3, -0.25) is 0 Å². The van der Waals surface area contributed by atoms with E-state index < -0.39 is 0 Å². The third-order valence-corrected chi connectivity index (χ3v) is 2.48. The maximum atomic E-state index is 5.13. The highest BCUT2D eigenvalue weighted by molar-refractivity contribution is 5.37. The van der Waals surface area contributed by atoms with Crippen molar-refractivity contribution in [3.8, 4) is 0 Å². The second-order valence-electron chi connectivity index (χ2n) is 4.79. The standard InChI is InChI=1S/C12H19N3O/c1-8(2)4-11-13-9(3)5-12(15-11)14-10-6-16-7-10/h5,8,10H,4,6-7H2,1-3H3,(H,13,14,15). The van der Waals surface area contributed by atoms with Gasteiger partial charge in [0, 0.05) is 18.2 Å². The SMILES string of the molecule is Cc1cc(NC2COC2)nc(CC(C)C)n1. The number of rotatable bonds is 4. The van der Waals surface area contributed by atoms with Crippen molar-refractivity contribution in [1.82, 2.24) is 9.97 Å². The van der Waals surface area contributed by atoms with Crippen molar-refractivity contribution in [2.24, 2.45) is 5.92 Å². The fourth-order valence-electron chi connectivity index (χ4n) is 1.69. The summed E-state index contributed by atoms with van der Waals surface area (Å²) in [5.74, 6) is 2.44. The molecule has 1 aliphatic heterocycles. The average Bonchev–Trinajstić information content (AvgIpc) is 2.09. The predicted octanol–water partition coefficient (Wildman–Crippen LogP) is 1.79. The molecule has 0 spiro atoms. The van der Waals surface area contributed by atoms with Gasteiger partial charge in [0.1, 0.15) is 11.6 Å². The summed E-state index contributed by atoms with van der Waals surface area (Å²) in [7, 11) is 0. The number of anilines is 1. The summed E-state index contributed by atoms with van der Waals surface area (Å²) in [6.07, 6.45) is 0.928. The van der Waals surface area contributed by atoms with Crippen molar-refractivity contribution in [3.63, 3.8) is 0 Å². The normalized spacial score (nSPS) is 16.2. The Morgan fingerprint density at radius 2 is 2.19 bits per heavy atom. The zero-order valence-electron chi connectivity index (χ0n) is 10.2. The van der Waals surface area contributed by atoms with Gasteiger partial charge in [-0.25, -0.2) is 9.97 Å². The van der Waals surface area contributed by atoms with Crippen LogP contribution in [0.3, 0.4) is 0 Å². The molecular weight excluding hydrogens is 202 g/mol. The number of nitrogens with zero attached hydrogens (tertiary/aromatic N) is 2. The monoisotopic (exact) mass is 221 g/mol. The molecule has 0 saturated carbocycles. The van der Waals surface area contributed by atoms with E-state index in [4.69, 9.17) is 4.74 Å². The molecule has 0 bridgehead atoms. The van der Waals surface area contributed by atoms with Crippen LogP contribution in [0.25, 0.3) is 0 Å². The predicted molar refractivity (Wildman–Crippen MR) is 63.5 cm³/mol. The van der Waals surface area contributed by atoms with Gasteiger partial charge in [0.2, 0.25) is 0 Å². The van der Waals surface area contributed by atoms with Crippen LogP contribution in [0, 0.1) is 12.8 Å². The first kappa shape index (κ1) is 11.3. The summed E-state index contributed by atoms with van der Waals surface area (Å²) in [6, 6.07) is 2.41. The van der Waals surface area contributed by atoms with Crippen molar-refractivity contribution in [1.29, 1.82) is 0 Å². The van der Waals surface area contributed by atoms with Crippen molar-refractivity contribution in [2.45, 2.75) is 33.2 Å². The van der Waals surface area contributed by atoms with E-state index in [0.29, 0.717) is 12.0 Å².